The van der Waals surface area contributed by atoms with Crippen LogP contribution in [0.5, 0.6) is 11.5 Å². The summed E-state index contributed by atoms with van der Waals surface area (Å²) in [7, 11) is 1.55. The summed E-state index contributed by atoms with van der Waals surface area (Å²) >= 11 is 0. The van der Waals surface area contributed by atoms with Gasteiger partial charge in [-0.3, -0.25) is 4.79 Å². The van der Waals surface area contributed by atoms with Crippen molar-refractivity contribution in [3.05, 3.63) is 59.7 Å². The molecular formula is C20H22F3NO3. The van der Waals surface area contributed by atoms with E-state index in [4.69, 9.17) is 9.47 Å². The number of carbonyl (C=O) groups excluding carboxylic acids is 1. The van der Waals surface area contributed by atoms with Crippen molar-refractivity contribution in [2.45, 2.75) is 25.4 Å². The van der Waals surface area contributed by atoms with Crippen LogP contribution < -0.4 is 14.8 Å². The number of rotatable bonds is 7. The monoisotopic (exact) mass is 381 g/mol. The van der Waals surface area contributed by atoms with Crippen LogP contribution >= 0.6 is 0 Å². The van der Waals surface area contributed by atoms with E-state index in [1.165, 1.54) is 6.07 Å². The number of amides is 1. The number of hydrogen-bond acceptors (Lipinski definition) is 3. The predicted octanol–water partition coefficient (Wildman–Crippen LogP) is 4.19. The molecule has 2 aromatic rings. The minimum Gasteiger partial charge on any atom is -0.497 e. The first-order valence-electron chi connectivity index (χ1n) is 8.33. The van der Waals surface area contributed by atoms with E-state index in [-0.39, 0.29) is 19.1 Å². The number of alkyl halides is 3. The van der Waals surface area contributed by atoms with Crippen molar-refractivity contribution in [2.24, 2.45) is 0 Å². The second-order valence-electron chi connectivity index (χ2n) is 6.70. The third kappa shape index (κ3) is 5.91. The second kappa shape index (κ2) is 8.33. The van der Waals surface area contributed by atoms with Gasteiger partial charge in [0.1, 0.15) is 11.5 Å². The molecule has 0 bridgehead atoms. The first kappa shape index (κ1) is 20.6. The molecule has 0 unspecified atom stereocenters. The molecule has 146 valence electrons. The maximum absolute atomic E-state index is 12.9. The fourth-order valence-electron chi connectivity index (χ4n) is 2.41. The molecule has 27 heavy (non-hydrogen) atoms. The Bertz CT molecular complexity index is 771. The minimum atomic E-state index is -4.40. The molecule has 0 saturated carbocycles. The standard InChI is InChI=1S/C20H22F3NO3/c1-19(2,14-5-4-6-15(11-14)20(21,22)23)13-24-18(25)12-27-17-9-7-16(26-3)8-10-17/h4-11H,12-13H2,1-3H3,(H,24,25). The van der Waals surface area contributed by atoms with Gasteiger partial charge in [0.2, 0.25) is 0 Å². The Kier molecular flexibility index (Phi) is 6.36. The van der Waals surface area contributed by atoms with E-state index in [9.17, 15) is 18.0 Å². The van der Waals surface area contributed by atoms with Gasteiger partial charge in [0.25, 0.3) is 5.91 Å². The number of halogens is 3. The maximum Gasteiger partial charge on any atom is 0.416 e. The Morgan fingerprint density at radius 2 is 1.59 bits per heavy atom. The largest absolute Gasteiger partial charge is 0.497 e. The molecule has 0 spiro atoms. The van der Waals surface area contributed by atoms with Crippen molar-refractivity contribution in [1.29, 1.82) is 0 Å². The number of nitrogens with one attached hydrogen (secondary N) is 1. The lowest BCUT2D eigenvalue weighted by Crippen LogP contribution is -2.39. The quantitative estimate of drug-likeness (QED) is 0.783. The first-order chi connectivity index (χ1) is 12.6. The van der Waals surface area contributed by atoms with Gasteiger partial charge in [-0.25, -0.2) is 0 Å². The molecule has 0 radical (unpaired) electrons. The van der Waals surface area contributed by atoms with Crippen LogP contribution in [0.2, 0.25) is 0 Å². The molecule has 7 heteroatoms. The Labute approximate surface area is 156 Å². The van der Waals surface area contributed by atoms with Crippen LogP contribution in [0.4, 0.5) is 13.2 Å². The Morgan fingerprint density at radius 1 is 1.00 bits per heavy atom. The number of methoxy groups -OCH3 is 1. The Hall–Kier alpha value is -2.70. The minimum absolute atomic E-state index is 0.180. The maximum atomic E-state index is 12.9. The van der Waals surface area contributed by atoms with Gasteiger partial charge in [-0.2, -0.15) is 13.2 Å². The fraction of sp³-hybridized carbons (Fsp3) is 0.350. The highest BCUT2D eigenvalue weighted by molar-refractivity contribution is 5.77. The zero-order valence-corrected chi connectivity index (χ0v) is 15.4. The van der Waals surface area contributed by atoms with Gasteiger partial charge < -0.3 is 14.8 Å². The molecule has 0 aliphatic heterocycles. The van der Waals surface area contributed by atoms with Crippen LogP contribution in [0.15, 0.2) is 48.5 Å². The van der Waals surface area contributed by atoms with E-state index in [1.54, 1.807) is 51.3 Å². The molecule has 4 nitrogen and oxygen atoms in total. The van der Waals surface area contributed by atoms with Crippen molar-refractivity contribution in [2.75, 3.05) is 20.3 Å². The zero-order chi connectivity index (χ0) is 20.1. The summed E-state index contributed by atoms with van der Waals surface area (Å²) in [5.74, 6) is 0.837. The molecule has 0 aliphatic carbocycles. The summed E-state index contributed by atoms with van der Waals surface area (Å²) in [5.41, 5.74) is -0.882. The molecule has 0 saturated heterocycles. The van der Waals surface area contributed by atoms with Gasteiger partial charge in [0.15, 0.2) is 6.61 Å². The zero-order valence-electron chi connectivity index (χ0n) is 15.4. The number of carbonyl (C=O) groups is 1. The van der Waals surface area contributed by atoms with E-state index in [1.807, 2.05) is 0 Å². The molecule has 1 N–H and O–H groups in total. The third-order valence-electron chi connectivity index (χ3n) is 4.13. The van der Waals surface area contributed by atoms with E-state index in [0.29, 0.717) is 17.1 Å². The van der Waals surface area contributed by atoms with E-state index < -0.39 is 17.2 Å². The number of ether oxygens (including phenoxy) is 2. The van der Waals surface area contributed by atoms with Gasteiger partial charge in [0.05, 0.1) is 12.7 Å². The number of benzene rings is 2. The average molecular weight is 381 g/mol. The topological polar surface area (TPSA) is 47.6 Å². The summed E-state index contributed by atoms with van der Waals surface area (Å²) in [6.45, 7) is 3.53. The highest BCUT2D eigenvalue weighted by atomic mass is 19.4. The van der Waals surface area contributed by atoms with Gasteiger partial charge in [0, 0.05) is 12.0 Å². The summed E-state index contributed by atoms with van der Waals surface area (Å²) in [6, 6.07) is 11.9. The van der Waals surface area contributed by atoms with Crippen LogP contribution in [0.3, 0.4) is 0 Å². The predicted molar refractivity (Wildman–Crippen MR) is 96.0 cm³/mol. The lowest BCUT2D eigenvalue weighted by Gasteiger charge is -2.26. The van der Waals surface area contributed by atoms with Crippen molar-refractivity contribution < 1.29 is 27.4 Å². The molecule has 1 amide bonds. The van der Waals surface area contributed by atoms with Crippen molar-refractivity contribution in [3.8, 4) is 11.5 Å². The lowest BCUT2D eigenvalue weighted by molar-refractivity contribution is -0.137. The first-order valence-corrected chi connectivity index (χ1v) is 8.33. The highest BCUT2D eigenvalue weighted by Crippen LogP contribution is 2.32. The molecule has 0 heterocycles. The lowest BCUT2D eigenvalue weighted by atomic mass is 9.83. The fourth-order valence-corrected chi connectivity index (χ4v) is 2.41. The Morgan fingerprint density at radius 3 is 2.19 bits per heavy atom. The van der Waals surface area contributed by atoms with Gasteiger partial charge in [-0.15, -0.1) is 0 Å². The molecule has 2 rings (SSSR count). The number of hydrogen-bond donors (Lipinski definition) is 1. The van der Waals surface area contributed by atoms with Crippen LogP contribution in [0.25, 0.3) is 0 Å². The summed E-state index contributed by atoms with van der Waals surface area (Å²) in [4.78, 5) is 12.0. The average Bonchev–Trinajstić information content (AvgIpc) is 2.64. The summed E-state index contributed by atoms with van der Waals surface area (Å²) in [5, 5.41) is 2.70. The normalized spacial score (nSPS) is 11.8. The van der Waals surface area contributed by atoms with Crippen LogP contribution in [-0.2, 0) is 16.4 Å². The van der Waals surface area contributed by atoms with Crippen molar-refractivity contribution in [1.82, 2.24) is 5.32 Å². The van der Waals surface area contributed by atoms with Crippen molar-refractivity contribution in [3.63, 3.8) is 0 Å². The smallest absolute Gasteiger partial charge is 0.416 e. The van der Waals surface area contributed by atoms with Gasteiger partial charge >= 0.3 is 6.18 Å². The molecule has 0 atom stereocenters. The molecular weight excluding hydrogens is 359 g/mol. The van der Waals surface area contributed by atoms with Crippen LogP contribution in [0, 0.1) is 0 Å². The van der Waals surface area contributed by atoms with E-state index in [2.05, 4.69) is 5.32 Å². The molecule has 0 aliphatic rings. The van der Waals surface area contributed by atoms with E-state index >= 15 is 0 Å². The van der Waals surface area contributed by atoms with Gasteiger partial charge in [-0.05, 0) is 35.9 Å². The SMILES string of the molecule is COc1ccc(OCC(=O)NCC(C)(C)c2cccc(C(F)(F)F)c2)cc1. The van der Waals surface area contributed by atoms with Crippen LogP contribution in [-0.4, -0.2) is 26.2 Å². The van der Waals surface area contributed by atoms with Crippen LogP contribution in [0.1, 0.15) is 25.0 Å². The molecule has 0 fully saturated rings. The molecule has 2 aromatic carbocycles. The van der Waals surface area contributed by atoms with E-state index in [0.717, 1.165) is 12.1 Å². The molecule has 0 aromatic heterocycles. The third-order valence-corrected chi connectivity index (χ3v) is 4.13. The van der Waals surface area contributed by atoms with Gasteiger partial charge in [-0.1, -0.05) is 32.0 Å². The summed E-state index contributed by atoms with van der Waals surface area (Å²) < 4.78 is 49.1. The highest BCUT2D eigenvalue weighted by Gasteiger charge is 2.32. The van der Waals surface area contributed by atoms with Crippen molar-refractivity contribution >= 4 is 5.91 Å². The second-order valence-corrected chi connectivity index (χ2v) is 6.70. The Balaban J connectivity index is 1.91. The summed E-state index contributed by atoms with van der Waals surface area (Å²) in [6.07, 6.45) is -4.40.